The van der Waals surface area contributed by atoms with E-state index in [1.807, 2.05) is 9.80 Å². The molecule has 1 aromatic rings. The smallest absolute Gasteiger partial charge is 0.238 e. The molecule has 0 spiro atoms. The average Bonchev–Trinajstić information content (AvgIpc) is 2.62. The molecule has 1 saturated heterocycles. The molecule has 0 saturated carbocycles. The maximum atomic E-state index is 13.1. The van der Waals surface area contributed by atoms with Gasteiger partial charge in [0.2, 0.25) is 11.8 Å². The summed E-state index contributed by atoms with van der Waals surface area (Å²) in [6, 6.07) is 5.87. The minimum absolute atomic E-state index is 0.118. The number of halogens is 1. The molecule has 1 N–H and O–H groups in total. The van der Waals surface area contributed by atoms with Gasteiger partial charge in [-0.05, 0) is 37.5 Å². The van der Waals surface area contributed by atoms with E-state index in [2.05, 4.69) is 17.5 Å². The van der Waals surface area contributed by atoms with Crippen molar-refractivity contribution in [1.82, 2.24) is 9.80 Å². The lowest BCUT2D eigenvalue weighted by Crippen LogP contribution is -2.51. The Kier molecular flexibility index (Phi) is 5.81. The summed E-state index contributed by atoms with van der Waals surface area (Å²) in [5, 5.41) is 2.71. The lowest BCUT2D eigenvalue weighted by Gasteiger charge is -2.36. The van der Waals surface area contributed by atoms with Crippen LogP contribution in [0, 0.1) is 11.7 Å². The Morgan fingerprint density at radius 2 is 1.96 bits per heavy atom. The van der Waals surface area contributed by atoms with Crippen molar-refractivity contribution in [2.24, 2.45) is 5.92 Å². The summed E-state index contributed by atoms with van der Waals surface area (Å²) in [7, 11) is 0. The molecule has 1 aliphatic heterocycles. The molecule has 25 heavy (non-hydrogen) atoms. The predicted octanol–water partition coefficient (Wildman–Crippen LogP) is 2.26. The molecule has 1 heterocycles. The van der Waals surface area contributed by atoms with Gasteiger partial charge in [-0.2, -0.15) is 0 Å². The number of anilines is 1. The first-order valence-electron chi connectivity index (χ1n) is 8.83. The molecule has 1 aliphatic carbocycles. The number of nitrogens with zero attached hydrogens (tertiary/aromatic N) is 2. The van der Waals surface area contributed by atoms with Crippen LogP contribution in [0.25, 0.3) is 0 Å². The largest absolute Gasteiger partial charge is 0.340 e. The van der Waals surface area contributed by atoms with Crippen LogP contribution in [0.3, 0.4) is 0 Å². The topological polar surface area (TPSA) is 52.7 Å². The quantitative estimate of drug-likeness (QED) is 0.852. The Balaban J connectivity index is 1.43. The highest BCUT2D eigenvalue weighted by molar-refractivity contribution is 5.92. The summed E-state index contributed by atoms with van der Waals surface area (Å²) in [6.07, 6.45) is 7.00. The summed E-state index contributed by atoms with van der Waals surface area (Å²) < 4.78 is 13.1. The number of allylic oxidation sites excluding steroid dienone is 2. The number of carbonyl (C=O) groups is 2. The van der Waals surface area contributed by atoms with E-state index in [4.69, 9.17) is 0 Å². The van der Waals surface area contributed by atoms with Gasteiger partial charge in [0, 0.05) is 37.8 Å². The Bertz CT molecular complexity index is 654. The van der Waals surface area contributed by atoms with Gasteiger partial charge in [-0.1, -0.05) is 18.2 Å². The van der Waals surface area contributed by atoms with E-state index in [1.165, 1.54) is 12.1 Å². The van der Waals surface area contributed by atoms with E-state index in [1.54, 1.807) is 12.1 Å². The number of hydrogen-bond acceptors (Lipinski definition) is 3. The highest BCUT2D eigenvalue weighted by atomic mass is 19.1. The first-order chi connectivity index (χ1) is 12.1. The van der Waals surface area contributed by atoms with E-state index in [-0.39, 0.29) is 30.1 Å². The molecule has 1 unspecified atom stereocenters. The third-order valence-electron chi connectivity index (χ3n) is 4.78. The second-order valence-electron chi connectivity index (χ2n) is 6.64. The molecule has 0 aromatic heterocycles. The average molecular weight is 345 g/mol. The van der Waals surface area contributed by atoms with Crippen LogP contribution in [-0.2, 0) is 9.59 Å². The molecule has 3 rings (SSSR count). The van der Waals surface area contributed by atoms with Gasteiger partial charge in [0.25, 0.3) is 0 Å². The van der Waals surface area contributed by atoms with E-state index in [9.17, 15) is 14.0 Å². The Morgan fingerprint density at radius 3 is 2.64 bits per heavy atom. The molecule has 1 fully saturated rings. The van der Waals surface area contributed by atoms with Crippen molar-refractivity contribution >= 4 is 17.5 Å². The molecule has 1 aromatic carbocycles. The number of nitrogens with one attached hydrogen (secondary N) is 1. The summed E-state index contributed by atoms with van der Waals surface area (Å²) in [5.41, 5.74) is 0.462. The van der Waals surface area contributed by atoms with Crippen LogP contribution in [0.1, 0.15) is 19.3 Å². The van der Waals surface area contributed by atoms with Crippen LogP contribution in [0.15, 0.2) is 36.4 Å². The van der Waals surface area contributed by atoms with Crippen LogP contribution in [-0.4, -0.2) is 54.3 Å². The second-order valence-corrected chi connectivity index (χ2v) is 6.64. The van der Waals surface area contributed by atoms with Gasteiger partial charge in [0.05, 0.1) is 6.54 Å². The standard InChI is InChI=1S/C19H24FN3O2/c20-16-7-4-8-17(13-16)21-18(24)14-22-9-11-23(12-10-22)19(25)15-5-2-1-3-6-15/h1-2,4,7-8,13,15H,3,5-6,9-12,14H2,(H,21,24). The number of carbonyl (C=O) groups excluding carboxylic acids is 2. The van der Waals surface area contributed by atoms with Crippen LogP contribution < -0.4 is 5.32 Å². The Morgan fingerprint density at radius 1 is 1.16 bits per heavy atom. The number of hydrogen-bond donors (Lipinski definition) is 1. The van der Waals surface area contributed by atoms with Gasteiger partial charge in [0.15, 0.2) is 0 Å². The first kappa shape index (κ1) is 17.6. The van der Waals surface area contributed by atoms with Crippen molar-refractivity contribution in [3.63, 3.8) is 0 Å². The maximum Gasteiger partial charge on any atom is 0.238 e. The van der Waals surface area contributed by atoms with E-state index in [0.717, 1.165) is 19.3 Å². The van der Waals surface area contributed by atoms with E-state index >= 15 is 0 Å². The van der Waals surface area contributed by atoms with Crippen LogP contribution in [0.2, 0.25) is 0 Å². The zero-order chi connectivity index (χ0) is 17.6. The number of piperazine rings is 1. The van der Waals surface area contributed by atoms with Crippen molar-refractivity contribution < 1.29 is 14.0 Å². The molecule has 2 aliphatic rings. The molecular formula is C19H24FN3O2. The second kappa shape index (κ2) is 8.25. The molecule has 6 heteroatoms. The minimum Gasteiger partial charge on any atom is -0.340 e. The fraction of sp³-hybridized carbons (Fsp3) is 0.474. The highest BCUT2D eigenvalue weighted by Crippen LogP contribution is 2.21. The lowest BCUT2D eigenvalue weighted by molar-refractivity contribution is -0.137. The van der Waals surface area contributed by atoms with Gasteiger partial charge in [-0.25, -0.2) is 4.39 Å². The molecule has 1 atom stereocenters. The van der Waals surface area contributed by atoms with Gasteiger partial charge in [0.1, 0.15) is 5.82 Å². The molecular weight excluding hydrogens is 321 g/mol. The normalized spacial score (nSPS) is 21.2. The Labute approximate surface area is 147 Å². The molecule has 5 nitrogen and oxygen atoms in total. The van der Waals surface area contributed by atoms with Crippen molar-refractivity contribution in [1.29, 1.82) is 0 Å². The molecule has 134 valence electrons. The third kappa shape index (κ3) is 4.89. The number of amides is 2. The zero-order valence-corrected chi connectivity index (χ0v) is 14.3. The molecule has 2 amide bonds. The SMILES string of the molecule is O=C(CN1CCN(C(=O)C2CC=CCC2)CC1)Nc1cccc(F)c1. The molecule has 0 radical (unpaired) electrons. The fourth-order valence-electron chi connectivity index (χ4n) is 3.37. The third-order valence-corrected chi connectivity index (χ3v) is 4.78. The zero-order valence-electron chi connectivity index (χ0n) is 14.3. The summed E-state index contributed by atoms with van der Waals surface area (Å²) >= 11 is 0. The van der Waals surface area contributed by atoms with Gasteiger partial charge in [-0.3, -0.25) is 14.5 Å². The summed E-state index contributed by atoms with van der Waals surface area (Å²) in [6.45, 7) is 2.94. The lowest BCUT2D eigenvalue weighted by atomic mass is 9.93. The maximum absolute atomic E-state index is 13.1. The minimum atomic E-state index is -0.373. The first-order valence-corrected chi connectivity index (χ1v) is 8.83. The van der Waals surface area contributed by atoms with E-state index < -0.39 is 0 Å². The fourth-order valence-corrected chi connectivity index (χ4v) is 3.37. The van der Waals surface area contributed by atoms with Gasteiger partial charge in [-0.15, -0.1) is 0 Å². The van der Waals surface area contributed by atoms with Gasteiger partial charge < -0.3 is 10.2 Å². The monoisotopic (exact) mass is 345 g/mol. The van der Waals surface area contributed by atoms with Crippen molar-refractivity contribution in [3.8, 4) is 0 Å². The van der Waals surface area contributed by atoms with Crippen molar-refractivity contribution in [2.75, 3.05) is 38.0 Å². The summed E-state index contributed by atoms with van der Waals surface area (Å²) in [5.74, 6) is -0.175. The van der Waals surface area contributed by atoms with Crippen molar-refractivity contribution in [2.45, 2.75) is 19.3 Å². The number of rotatable bonds is 4. The van der Waals surface area contributed by atoms with Crippen LogP contribution in [0.5, 0.6) is 0 Å². The molecule has 0 bridgehead atoms. The predicted molar refractivity (Wildman–Crippen MR) is 94.5 cm³/mol. The van der Waals surface area contributed by atoms with Crippen LogP contribution in [0.4, 0.5) is 10.1 Å². The highest BCUT2D eigenvalue weighted by Gasteiger charge is 2.27. The van der Waals surface area contributed by atoms with E-state index in [0.29, 0.717) is 31.9 Å². The Hall–Kier alpha value is -2.21. The van der Waals surface area contributed by atoms with Gasteiger partial charge >= 0.3 is 0 Å². The van der Waals surface area contributed by atoms with Crippen LogP contribution >= 0.6 is 0 Å². The number of benzene rings is 1. The summed E-state index contributed by atoms with van der Waals surface area (Å²) in [4.78, 5) is 28.6. The van der Waals surface area contributed by atoms with Crippen molar-refractivity contribution in [3.05, 3.63) is 42.2 Å².